The van der Waals surface area contributed by atoms with E-state index >= 15 is 0 Å². The standard InChI is InChI=1S/C48H44N2O6/c1-5-17-41-35(11-1)31-36-12-2-6-18-42(36)47(41)55-29-27-51-23-25-53-33-39-15-9-21-49-45(39)46-40(16-10-22-50-46)34-54-26-24-52-28-30-56-48-43-19-7-3-13-37(43)32-38-14-4-8-20-44(38)48/h1-22,31-32H,23-30,33-34H2. The maximum Gasteiger partial charge on any atom is 0.135 e. The van der Waals surface area contributed by atoms with Gasteiger partial charge in [0.2, 0.25) is 0 Å². The Bertz CT molecular complexity index is 2260. The van der Waals surface area contributed by atoms with E-state index in [1.54, 1.807) is 12.4 Å². The zero-order valence-electron chi connectivity index (χ0n) is 31.3. The average molecular weight is 745 g/mol. The third-order valence-corrected chi connectivity index (χ3v) is 9.66. The van der Waals surface area contributed by atoms with Crippen LogP contribution in [0.5, 0.6) is 11.5 Å². The molecule has 0 aliphatic rings. The van der Waals surface area contributed by atoms with E-state index < -0.39 is 0 Å². The summed E-state index contributed by atoms with van der Waals surface area (Å²) < 4.78 is 36.4. The molecule has 8 heteroatoms. The van der Waals surface area contributed by atoms with Crippen molar-refractivity contribution in [2.75, 3.05) is 52.9 Å². The molecule has 2 aromatic heterocycles. The Labute approximate surface area is 326 Å². The van der Waals surface area contributed by atoms with Gasteiger partial charge in [0, 0.05) is 45.1 Å². The van der Waals surface area contributed by atoms with Gasteiger partial charge in [-0.05, 0) is 45.8 Å². The lowest BCUT2D eigenvalue weighted by Crippen LogP contribution is -2.12. The largest absolute Gasteiger partial charge is 0.490 e. The maximum absolute atomic E-state index is 6.28. The summed E-state index contributed by atoms with van der Waals surface area (Å²) >= 11 is 0. The maximum atomic E-state index is 6.28. The summed E-state index contributed by atoms with van der Waals surface area (Å²) in [6.45, 7) is 4.34. The molecule has 0 saturated heterocycles. The molecule has 0 spiro atoms. The fraction of sp³-hybridized carbons (Fsp3) is 0.208. The summed E-state index contributed by atoms with van der Waals surface area (Å²) in [7, 11) is 0. The quantitative estimate of drug-likeness (QED) is 0.0598. The highest BCUT2D eigenvalue weighted by molar-refractivity contribution is 6.06. The Kier molecular flexibility index (Phi) is 12.3. The lowest BCUT2D eigenvalue weighted by atomic mass is 10.0. The Hall–Kier alpha value is -5.90. The number of aromatic nitrogens is 2. The number of ether oxygens (including phenoxy) is 6. The first-order valence-corrected chi connectivity index (χ1v) is 19.1. The van der Waals surface area contributed by atoms with Crippen LogP contribution in [0.15, 0.2) is 146 Å². The normalized spacial score (nSPS) is 11.5. The van der Waals surface area contributed by atoms with Crippen LogP contribution in [-0.4, -0.2) is 62.8 Å². The van der Waals surface area contributed by atoms with Crippen molar-refractivity contribution in [1.82, 2.24) is 9.97 Å². The molecule has 282 valence electrons. The summed E-state index contributed by atoms with van der Waals surface area (Å²) in [5.74, 6) is 1.78. The minimum atomic E-state index is 0.381. The first-order chi connectivity index (χ1) is 27.8. The smallest absolute Gasteiger partial charge is 0.135 e. The number of benzene rings is 6. The van der Waals surface area contributed by atoms with Crippen LogP contribution in [-0.2, 0) is 32.2 Å². The van der Waals surface area contributed by atoms with E-state index in [4.69, 9.17) is 28.4 Å². The summed E-state index contributed by atoms with van der Waals surface area (Å²) in [5.41, 5.74) is 3.44. The van der Waals surface area contributed by atoms with Crippen LogP contribution in [0.4, 0.5) is 0 Å². The molecular weight excluding hydrogens is 701 g/mol. The van der Waals surface area contributed by atoms with Gasteiger partial charge >= 0.3 is 0 Å². The first-order valence-electron chi connectivity index (χ1n) is 19.1. The zero-order valence-corrected chi connectivity index (χ0v) is 31.3. The predicted octanol–water partition coefficient (Wildman–Crippen LogP) is 9.98. The van der Waals surface area contributed by atoms with Crippen molar-refractivity contribution in [3.8, 4) is 22.9 Å². The predicted molar refractivity (Wildman–Crippen MR) is 222 cm³/mol. The van der Waals surface area contributed by atoms with Crippen molar-refractivity contribution in [3.63, 3.8) is 0 Å². The fourth-order valence-corrected chi connectivity index (χ4v) is 7.00. The molecular formula is C48H44N2O6. The number of rotatable bonds is 19. The molecule has 8 aromatic rings. The lowest BCUT2D eigenvalue weighted by Gasteiger charge is -2.14. The summed E-state index contributed by atoms with van der Waals surface area (Å²) in [6, 6.07) is 45.5. The van der Waals surface area contributed by atoms with Gasteiger partial charge in [-0.1, -0.05) is 109 Å². The lowest BCUT2D eigenvalue weighted by molar-refractivity contribution is 0.0303. The van der Waals surface area contributed by atoms with E-state index in [1.807, 2.05) is 72.8 Å². The minimum absolute atomic E-state index is 0.381. The monoisotopic (exact) mass is 744 g/mol. The Morgan fingerprint density at radius 2 is 0.679 bits per heavy atom. The van der Waals surface area contributed by atoms with E-state index in [0.717, 1.165) is 77.1 Å². The number of pyridine rings is 2. The molecule has 8 rings (SSSR count). The van der Waals surface area contributed by atoms with Crippen LogP contribution >= 0.6 is 0 Å². The third-order valence-electron chi connectivity index (χ3n) is 9.66. The molecule has 0 saturated carbocycles. The highest BCUT2D eigenvalue weighted by atomic mass is 16.5. The summed E-state index contributed by atoms with van der Waals surface area (Å²) in [5, 5.41) is 9.03. The number of hydrogen-bond acceptors (Lipinski definition) is 8. The van der Waals surface area contributed by atoms with E-state index in [0.29, 0.717) is 66.1 Å². The van der Waals surface area contributed by atoms with E-state index in [2.05, 4.69) is 70.6 Å². The SMILES string of the molecule is c1cnc(-c2ncccc2COCCOCCOc2c3ccccc3cc3ccccc23)c(COCCOCCOc2c3ccccc3cc3ccccc23)c1. The molecule has 0 aliphatic carbocycles. The fourth-order valence-electron chi connectivity index (χ4n) is 7.00. The van der Waals surface area contributed by atoms with Crippen LogP contribution in [0.3, 0.4) is 0 Å². The second-order valence-corrected chi connectivity index (χ2v) is 13.3. The van der Waals surface area contributed by atoms with Crippen LogP contribution < -0.4 is 9.47 Å². The Morgan fingerprint density at radius 1 is 0.339 bits per heavy atom. The molecule has 8 nitrogen and oxygen atoms in total. The third kappa shape index (κ3) is 8.80. The highest BCUT2D eigenvalue weighted by Crippen LogP contribution is 2.36. The number of nitrogens with zero attached hydrogens (tertiary/aromatic N) is 2. The molecule has 56 heavy (non-hydrogen) atoms. The minimum Gasteiger partial charge on any atom is -0.490 e. The van der Waals surface area contributed by atoms with Gasteiger partial charge in [-0.25, -0.2) is 0 Å². The molecule has 6 aromatic carbocycles. The zero-order chi connectivity index (χ0) is 37.8. The van der Waals surface area contributed by atoms with Crippen LogP contribution in [0, 0.1) is 0 Å². The molecule has 0 amide bonds. The molecule has 0 bridgehead atoms. The topological polar surface area (TPSA) is 81.2 Å². The van der Waals surface area contributed by atoms with E-state index in [-0.39, 0.29) is 0 Å². The molecule has 0 N–H and O–H groups in total. The van der Waals surface area contributed by atoms with Gasteiger partial charge in [-0.15, -0.1) is 0 Å². The van der Waals surface area contributed by atoms with Gasteiger partial charge in [0.15, 0.2) is 0 Å². The number of hydrogen-bond donors (Lipinski definition) is 0. The van der Waals surface area contributed by atoms with Crippen molar-refractivity contribution in [2.45, 2.75) is 13.2 Å². The van der Waals surface area contributed by atoms with Crippen molar-refractivity contribution < 1.29 is 28.4 Å². The average Bonchev–Trinajstić information content (AvgIpc) is 3.25. The second kappa shape index (κ2) is 18.6. The van der Waals surface area contributed by atoms with E-state index in [1.165, 1.54) is 0 Å². The van der Waals surface area contributed by atoms with Gasteiger partial charge < -0.3 is 28.4 Å². The van der Waals surface area contributed by atoms with Gasteiger partial charge in [0.1, 0.15) is 24.7 Å². The van der Waals surface area contributed by atoms with Gasteiger partial charge in [-0.3, -0.25) is 9.97 Å². The summed E-state index contributed by atoms with van der Waals surface area (Å²) in [4.78, 5) is 9.35. The van der Waals surface area contributed by atoms with Crippen molar-refractivity contribution >= 4 is 43.1 Å². The van der Waals surface area contributed by atoms with Crippen LogP contribution in [0.25, 0.3) is 54.5 Å². The van der Waals surface area contributed by atoms with Gasteiger partial charge in [-0.2, -0.15) is 0 Å². The molecule has 2 heterocycles. The van der Waals surface area contributed by atoms with E-state index in [9.17, 15) is 0 Å². The highest BCUT2D eigenvalue weighted by Gasteiger charge is 2.14. The Balaban J connectivity index is 0.766. The first kappa shape index (κ1) is 37.0. The number of fused-ring (bicyclic) bond motifs is 4. The molecule has 0 radical (unpaired) electrons. The van der Waals surface area contributed by atoms with Crippen LogP contribution in [0.1, 0.15) is 11.1 Å². The summed E-state index contributed by atoms with van der Waals surface area (Å²) in [6.07, 6.45) is 3.55. The van der Waals surface area contributed by atoms with Crippen molar-refractivity contribution in [1.29, 1.82) is 0 Å². The van der Waals surface area contributed by atoms with Crippen LogP contribution in [0.2, 0.25) is 0 Å². The molecule has 0 unspecified atom stereocenters. The van der Waals surface area contributed by atoms with Gasteiger partial charge in [0.25, 0.3) is 0 Å². The van der Waals surface area contributed by atoms with Crippen molar-refractivity contribution in [3.05, 3.63) is 157 Å². The Morgan fingerprint density at radius 3 is 1.07 bits per heavy atom. The molecule has 0 aliphatic heterocycles. The molecule has 0 atom stereocenters. The second-order valence-electron chi connectivity index (χ2n) is 13.3. The molecule has 0 fully saturated rings. The van der Waals surface area contributed by atoms with Gasteiger partial charge in [0.05, 0.1) is 64.2 Å². The van der Waals surface area contributed by atoms with Crippen molar-refractivity contribution in [2.24, 2.45) is 0 Å².